The fraction of sp³-hybridized carbons (Fsp3) is 0.0435. The van der Waals surface area contributed by atoms with Gasteiger partial charge in [-0.2, -0.15) is 10.5 Å². The summed E-state index contributed by atoms with van der Waals surface area (Å²) in [5, 5.41) is 21.5. The highest BCUT2D eigenvalue weighted by Crippen LogP contribution is 2.40. The zero-order valence-electron chi connectivity index (χ0n) is 13.5. The zero-order valence-corrected chi connectivity index (χ0v) is 13.5. The summed E-state index contributed by atoms with van der Waals surface area (Å²) in [5.41, 5.74) is 3.92. The average molecular weight is 318 g/mol. The Morgan fingerprint density at radius 3 is 2.52 bits per heavy atom. The van der Waals surface area contributed by atoms with Crippen molar-refractivity contribution in [1.29, 1.82) is 10.5 Å². The van der Waals surface area contributed by atoms with Gasteiger partial charge in [-0.25, -0.2) is 0 Å². The first kappa shape index (κ1) is 14.9. The summed E-state index contributed by atoms with van der Waals surface area (Å²) >= 11 is 0. The number of nitriles is 2. The topological polar surface area (TPSA) is 47.6 Å². The van der Waals surface area contributed by atoms with Crippen molar-refractivity contribution in [2.24, 2.45) is 5.92 Å². The molecule has 0 saturated heterocycles. The second kappa shape index (κ2) is 6.11. The van der Waals surface area contributed by atoms with Crippen LogP contribution in [0.5, 0.6) is 0 Å². The van der Waals surface area contributed by atoms with Crippen LogP contribution in [0.25, 0.3) is 16.3 Å². The van der Waals surface area contributed by atoms with Gasteiger partial charge < -0.3 is 0 Å². The molecule has 4 rings (SSSR count). The molecule has 0 aliphatic heterocycles. The van der Waals surface area contributed by atoms with E-state index in [1.807, 2.05) is 66.8 Å². The molecule has 0 heterocycles. The first-order chi connectivity index (χ1) is 12.3. The van der Waals surface area contributed by atoms with Gasteiger partial charge in [0.05, 0.1) is 23.3 Å². The maximum Gasteiger partial charge on any atom is 0.0998 e. The summed E-state index contributed by atoms with van der Waals surface area (Å²) in [6, 6.07) is 16.4. The molecule has 0 spiro atoms. The minimum absolute atomic E-state index is 0.104. The summed E-state index contributed by atoms with van der Waals surface area (Å²) in [7, 11) is 0. The van der Waals surface area contributed by atoms with Crippen LogP contribution in [0.2, 0.25) is 0 Å². The fourth-order valence-corrected chi connectivity index (χ4v) is 3.49. The minimum Gasteiger partial charge on any atom is -0.192 e. The monoisotopic (exact) mass is 318 g/mol. The SMILES string of the molecule is N#CC1=CC=CC2C=CC=CC2=C1c1c(C#N)ccc2ccccc12. The molecule has 0 saturated carbocycles. The molecular formula is C23H14N2. The average Bonchev–Trinajstić information content (AvgIpc) is 2.86. The van der Waals surface area contributed by atoms with Crippen LogP contribution < -0.4 is 0 Å². The number of benzene rings is 2. The lowest BCUT2D eigenvalue weighted by Gasteiger charge is -2.20. The molecule has 1 unspecified atom stereocenters. The van der Waals surface area contributed by atoms with Crippen LogP contribution in [-0.4, -0.2) is 0 Å². The number of allylic oxidation sites excluding steroid dienone is 10. The van der Waals surface area contributed by atoms with Gasteiger partial charge in [-0.05, 0) is 28.5 Å². The number of rotatable bonds is 1. The Kier molecular flexibility index (Phi) is 3.65. The Morgan fingerprint density at radius 1 is 0.840 bits per heavy atom. The van der Waals surface area contributed by atoms with E-state index < -0.39 is 0 Å². The van der Waals surface area contributed by atoms with Gasteiger partial charge in [-0.15, -0.1) is 0 Å². The summed E-state index contributed by atoms with van der Waals surface area (Å²) in [5.74, 6) is 0.104. The van der Waals surface area contributed by atoms with Gasteiger partial charge in [0.2, 0.25) is 0 Å². The second-order valence-corrected chi connectivity index (χ2v) is 6.00. The van der Waals surface area contributed by atoms with Crippen LogP contribution >= 0.6 is 0 Å². The molecule has 116 valence electrons. The van der Waals surface area contributed by atoms with E-state index in [2.05, 4.69) is 24.3 Å². The summed E-state index contributed by atoms with van der Waals surface area (Å²) in [6.07, 6.45) is 14.0. The van der Waals surface area contributed by atoms with E-state index in [4.69, 9.17) is 0 Å². The molecule has 2 aliphatic rings. The third kappa shape index (κ3) is 2.42. The smallest absolute Gasteiger partial charge is 0.0998 e. The fourth-order valence-electron chi connectivity index (χ4n) is 3.49. The molecule has 0 radical (unpaired) electrons. The highest BCUT2D eigenvalue weighted by atomic mass is 14.3. The molecule has 2 nitrogen and oxygen atoms in total. The Hall–Kier alpha value is -3.62. The quantitative estimate of drug-likeness (QED) is 0.723. The van der Waals surface area contributed by atoms with Gasteiger partial charge in [0.15, 0.2) is 0 Å². The summed E-state index contributed by atoms with van der Waals surface area (Å²) < 4.78 is 0. The Morgan fingerprint density at radius 2 is 1.68 bits per heavy atom. The van der Waals surface area contributed by atoms with Crippen molar-refractivity contribution >= 4 is 16.3 Å². The van der Waals surface area contributed by atoms with Crippen LogP contribution in [0.3, 0.4) is 0 Å². The van der Waals surface area contributed by atoms with Gasteiger partial charge in [0, 0.05) is 17.1 Å². The molecule has 0 amide bonds. The van der Waals surface area contributed by atoms with Crippen molar-refractivity contribution in [1.82, 2.24) is 0 Å². The van der Waals surface area contributed by atoms with Crippen molar-refractivity contribution in [2.75, 3.05) is 0 Å². The van der Waals surface area contributed by atoms with E-state index in [1.54, 1.807) is 0 Å². The minimum atomic E-state index is 0.104. The predicted octanol–water partition coefficient (Wildman–Crippen LogP) is 5.23. The van der Waals surface area contributed by atoms with Crippen LogP contribution in [0, 0.1) is 28.6 Å². The van der Waals surface area contributed by atoms with Crippen molar-refractivity contribution in [3.05, 3.63) is 101 Å². The standard InChI is InChI=1S/C23H14N2/c24-14-18-9-5-8-16-6-1-3-10-20(16)22(18)23-19(15-25)13-12-17-7-2-4-11-21(17)23/h1-13,16H. The number of hydrogen-bond acceptors (Lipinski definition) is 2. The third-order valence-corrected chi connectivity index (χ3v) is 4.62. The van der Waals surface area contributed by atoms with E-state index in [1.165, 1.54) is 0 Å². The molecule has 2 heteroatoms. The number of nitrogens with zero attached hydrogens (tertiary/aromatic N) is 2. The Bertz CT molecular complexity index is 1110. The van der Waals surface area contributed by atoms with E-state index in [0.29, 0.717) is 11.1 Å². The zero-order chi connectivity index (χ0) is 17.2. The lowest BCUT2D eigenvalue weighted by molar-refractivity contribution is 1.00. The van der Waals surface area contributed by atoms with E-state index in [9.17, 15) is 10.5 Å². The molecule has 0 fully saturated rings. The lowest BCUT2D eigenvalue weighted by Crippen LogP contribution is -2.04. The van der Waals surface area contributed by atoms with Crippen LogP contribution in [0.4, 0.5) is 0 Å². The third-order valence-electron chi connectivity index (χ3n) is 4.62. The van der Waals surface area contributed by atoms with Gasteiger partial charge in [0.25, 0.3) is 0 Å². The first-order valence-corrected chi connectivity index (χ1v) is 8.13. The van der Waals surface area contributed by atoms with Crippen molar-refractivity contribution in [3.8, 4) is 12.1 Å². The molecule has 2 aromatic rings. The molecule has 0 aromatic heterocycles. The largest absolute Gasteiger partial charge is 0.192 e. The van der Waals surface area contributed by atoms with Crippen LogP contribution in [-0.2, 0) is 0 Å². The van der Waals surface area contributed by atoms with Crippen molar-refractivity contribution in [2.45, 2.75) is 0 Å². The van der Waals surface area contributed by atoms with Gasteiger partial charge in [-0.3, -0.25) is 0 Å². The number of hydrogen-bond donors (Lipinski definition) is 0. The summed E-state index contributed by atoms with van der Waals surface area (Å²) in [6.45, 7) is 0. The number of fused-ring (bicyclic) bond motifs is 2. The summed E-state index contributed by atoms with van der Waals surface area (Å²) in [4.78, 5) is 0. The molecule has 0 bridgehead atoms. The second-order valence-electron chi connectivity index (χ2n) is 6.00. The molecule has 1 atom stereocenters. The van der Waals surface area contributed by atoms with E-state index >= 15 is 0 Å². The predicted molar refractivity (Wildman–Crippen MR) is 100 cm³/mol. The van der Waals surface area contributed by atoms with Crippen LogP contribution in [0.1, 0.15) is 11.1 Å². The molecule has 2 aromatic carbocycles. The van der Waals surface area contributed by atoms with E-state index in [-0.39, 0.29) is 5.92 Å². The highest BCUT2D eigenvalue weighted by Gasteiger charge is 2.23. The maximum atomic E-state index is 9.76. The van der Waals surface area contributed by atoms with Gasteiger partial charge in [-0.1, -0.05) is 66.8 Å². The maximum absolute atomic E-state index is 9.76. The molecule has 2 aliphatic carbocycles. The van der Waals surface area contributed by atoms with Gasteiger partial charge >= 0.3 is 0 Å². The normalized spacial score (nSPS) is 18.3. The van der Waals surface area contributed by atoms with Crippen molar-refractivity contribution < 1.29 is 0 Å². The Balaban J connectivity index is 2.15. The first-order valence-electron chi connectivity index (χ1n) is 8.13. The van der Waals surface area contributed by atoms with Crippen LogP contribution in [0.15, 0.2) is 90.1 Å². The van der Waals surface area contributed by atoms with Gasteiger partial charge in [0.1, 0.15) is 0 Å². The Labute approximate surface area is 146 Å². The van der Waals surface area contributed by atoms with E-state index in [0.717, 1.165) is 27.5 Å². The lowest BCUT2D eigenvalue weighted by atomic mass is 9.82. The molecular weight excluding hydrogens is 304 g/mol. The van der Waals surface area contributed by atoms with Crippen molar-refractivity contribution in [3.63, 3.8) is 0 Å². The highest BCUT2D eigenvalue weighted by molar-refractivity contribution is 6.02. The molecule has 0 N–H and O–H groups in total. The molecule has 25 heavy (non-hydrogen) atoms.